The lowest BCUT2D eigenvalue weighted by atomic mass is 10.0. The fourth-order valence-corrected chi connectivity index (χ4v) is 2.63. The monoisotopic (exact) mass is 267 g/mol. The van der Waals surface area contributed by atoms with Crippen LogP contribution >= 0.6 is 15.9 Å². The maximum Gasteiger partial charge on any atom is 0.0368 e. The molecule has 1 fully saturated rings. The molecule has 0 aromatic heterocycles. The van der Waals surface area contributed by atoms with Crippen LogP contribution in [0.4, 0.5) is 5.69 Å². The minimum atomic E-state index is 0.702. The average Bonchev–Trinajstić information content (AvgIpc) is 2.30. The van der Waals surface area contributed by atoms with E-state index in [-0.39, 0.29) is 0 Å². The molecule has 1 atom stereocenters. The van der Waals surface area contributed by atoms with Gasteiger partial charge < -0.3 is 4.90 Å². The highest BCUT2D eigenvalue weighted by Gasteiger charge is 2.17. The molecule has 15 heavy (non-hydrogen) atoms. The van der Waals surface area contributed by atoms with Crippen molar-refractivity contribution in [2.24, 2.45) is 0 Å². The predicted octanol–water partition coefficient (Wildman–Crippen LogP) is 3.96. The Morgan fingerprint density at radius 1 is 1.27 bits per heavy atom. The first kappa shape index (κ1) is 11.0. The molecule has 0 spiro atoms. The Kier molecular flexibility index (Phi) is 3.68. The van der Waals surface area contributed by atoms with Gasteiger partial charge in [0.1, 0.15) is 0 Å². The van der Waals surface area contributed by atoms with E-state index in [0.29, 0.717) is 6.04 Å². The number of hydrogen-bond donors (Lipinski definition) is 0. The number of piperidine rings is 1. The van der Waals surface area contributed by atoms with Crippen LogP contribution < -0.4 is 4.90 Å². The number of anilines is 1. The van der Waals surface area contributed by atoms with Crippen LogP contribution in [0.15, 0.2) is 24.3 Å². The summed E-state index contributed by atoms with van der Waals surface area (Å²) < 4.78 is 0. The molecular formula is C13H18BrN. The van der Waals surface area contributed by atoms with Gasteiger partial charge in [0.05, 0.1) is 0 Å². The molecule has 0 radical (unpaired) electrons. The first-order valence-electron chi connectivity index (χ1n) is 5.73. The summed E-state index contributed by atoms with van der Waals surface area (Å²) in [5, 5.41) is 0.947. The van der Waals surface area contributed by atoms with Gasteiger partial charge in [-0.15, -0.1) is 0 Å². The van der Waals surface area contributed by atoms with Crippen LogP contribution in [-0.2, 0) is 5.33 Å². The van der Waals surface area contributed by atoms with Crippen molar-refractivity contribution < 1.29 is 0 Å². The predicted molar refractivity (Wildman–Crippen MR) is 69.7 cm³/mol. The van der Waals surface area contributed by atoms with E-state index < -0.39 is 0 Å². The van der Waals surface area contributed by atoms with Crippen LogP contribution in [-0.4, -0.2) is 12.6 Å². The second kappa shape index (κ2) is 5.02. The quantitative estimate of drug-likeness (QED) is 0.734. The van der Waals surface area contributed by atoms with E-state index in [1.165, 1.54) is 37.1 Å². The third kappa shape index (κ3) is 2.54. The Labute approximate surface area is 101 Å². The molecule has 1 heterocycles. The third-order valence-electron chi connectivity index (χ3n) is 3.23. The highest BCUT2D eigenvalue weighted by molar-refractivity contribution is 9.08. The van der Waals surface area contributed by atoms with E-state index in [4.69, 9.17) is 0 Å². The number of nitrogens with zero attached hydrogens (tertiary/aromatic N) is 1. The van der Waals surface area contributed by atoms with Crippen LogP contribution in [0.1, 0.15) is 31.7 Å². The molecule has 1 aromatic rings. The molecule has 2 heteroatoms. The number of benzene rings is 1. The van der Waals surface area contributed by atoms with Gasteiger partial charge in [-0.3, -0.25) is 0 Å². The highest BCUT2D eigenvalue weighted by Crippen LogP contribution is 2.25. The zero-order chi connectivity index (χ0) is 10.7. The number of halogens is 1. The fourth-order valence-electron chi connectivity index (χ4n) is 2.26. The zero-order valence-electron chi connectivity index (χ0n) is 9.25. The molecule has 0 aliphatic carbocycles. The van der Waals surface area contributed by atoms with Crippen LogP contribution in [0.3, 0.4) is 0 Å². The Morgan fingerprint density at radius 2 is 2.00 bits per heavy atom. The highest BCUT2D eigenvalue weighted by atomic mass is 79.9. The van der Waals surface area contributed by atoms with Crippen molar-refractivity contribution >= 4 is 21.6 Å². The SMILES string of the molecule is CC1CCCCN1c1ccc(CBr)cc1. The van der Waals surface area contributed by atoms with Gasteiger partial charge >= 0.3 is 0 Å². The van der Waals surface area contributed by atoms with Crippen LogP contribution in [0.5, 0.6) is 0 Å². The smallest absolute Gasteiger partial charge is 0.0368 e. The van der Waals surface area contributed by atoms with E-state index in [9.17, 15) is 0 Å². The normalized spacial score (nSPS) is 21.7. The largest absolute Gasteiger partial charge is 0.369 e. The number of hydrogen-bond acceptors (Lipinski definition) is 1. The second-order valence-corrected chi connectivity index (χ2v) is 4.90. The van der Waals surface area contributed by atoms with Crippen molar-refractivity contribution in [3.05, 3.63) is 29.8 Å². The average molecular weight is 268 g/mol. The topological polar surface area (TPSA) is 3.24 Å². The fraction of sp³-hybridized carbons (Fsp3) is 0.538. The molecular weight excluding hydrogens is 250 g/mol. The maximum absolute atomic E-state index is 3.48. The van der Waals surface area contributed by atoms with E-state index in [1.807, 2.05) is 0 Å². The summed E-state index contributed by atoms with van der Waals surface area (Å²) in [6.07, 6.45) is 4.06. The molecule has 82 valence electrons. The molecule has 0 amide bonds. The summed E-state index contributed by atoms with van der Waals surface area (Å²) in [5.74, 6) is 0. The molecule has 2 rings (SSSR count). The van der Waals surface area contributed by atoms with Crippen LogP contribution in [0.2, 0.25) is 0 Å². The molecule has 1 aromatic carbocycles. The van der Waals surface area contributed by atoms with Gasteiger partial charge in [0.25, 0.3) is 0 Å². The molecule has 1 saturated heterocycles. The summed E-state index contributed by atoms with van der Waals surface area (Å²) in [6, 6.07) is 9.63. The zero-order valence-corrected chi connectivity index (χ0v) is 10.8. The van der Waals surface area contributed by atoms with Gasteiger partial charge in [-0.05, 0) is 43.9 Å². The van der Waals surface area contributed by atoms with Crippen molar-refractivity contribution in [2.45, 2.75) is 37.6 Å². The Morgan fingerprint density at radius 3 is 2.60 bits per heavy atom. The van der Waals surface area contributed by atoms with E-state index >= 15 is 0 Å². The van der Waals surface area contributed by atoms with Crippen molar-refractivity contribution in [1.29, 1.82) is 0 Å². The van der Waals surface area contributed by atoms with Gasteiger partial charge in [0.15, 0.2) is 0 Å². The Balaban J connectivity index is 2.13. The van der Waals surface area contributed by atoms with Crippen molar-refractivity contribution in [3.63, 3.8) is 0 Å². The van der Waals surface area contributed by atoms with Crippen molar-refractivity contribution in [2.75, 3.05) is 11.4 Å². The Hall–Kier alpha value is -0.500. The summed E-state index contributed by atoms with van der Waals surface area (Å²) >= 11 is 3.48. The minimum Gasteiger partial charge on any atom is -0.369 e. The van der Waals surface area contributed by atoms with Gasteiger partial charge in [-0.1, -0.05) is 28.1 Å². The number of rotatable bonds is 2. The first-order valence-corrected chi connectivity index (χ1v) is 6.85. The maximum atomic E-state index is 3.48. The lowest BCUT2D eigenvalue weighted by molar-refractivity contribution is 0.485. The van der Waals surface area contributed by atoms with Crippen molar-refractivity contribution in [3.8, 4) is 0 Å². The molecule has 1 aliphatic rings. The summed E-state index contributed by atoms with van der Waals surface area (Å²) in [7, 11) is 0. The second-order valence-electron chi connectivity index (χ2n) is 4.34. The van der Waals surface area contributed by atoms with Gasteiger partial charge in [-0.25, -0.2) is 0 Å². The Bertz CT molecular complexity index is 307. The molecule has 1 unspecified atom stereocenters. The lowest BCUT2D eigenvalue weighted by Gasteiger charge is -2.35. The van der Waals surface area contributed by atoms with Crippen LogP contribution in [0.25, 0.3) is 0 Å². The van der Waals surface area contributed by atoms with Gasteiger partial charge in [0.2, 0.25) is 0 Å². The standard InChI is InChI=1S/C13H18BrN/c1-11-4-2-3-9-15(11)13-7-5-12(10-14)6-8-13/h5-8,11H,2-4,9-10H2,1H3. The number of alkyl halides is 1. The van der Waals surface area contributed by atoms with E-state index in [2.05, 4.69) is 52.0 Å². The molecule has 0 saturated carbocycles. The summed E-state index contributed by atoms with van der Waals surface area (Å²) in [5.41, 5.74) is 2.73. The van der Waals surface area contributed by atoms with Crippen molar-refractivity contribution in [1.82, 2.24) is 0 Å². The molecule has 0 bridgehead atoms. The summed E-state index contributed by atoms with van der Waals surface area (Å²) in [4.78, 5) is 2.53. The summed E-state index contributed by atoms with van der Waals surface area (Å²) in [6.45, 7) is 3.55. The molecule has 0 N–H and O–H groups in total. The van der Waals surface area contributed by atoms with E-state index in [0.717, 1.165) is 5.33 Å². The first-order chi connectivity index (χ1) is 7.31. The molecule has 1 nitrogen and oxygen atoms in total. The molecule has 1 aliphatic heterocycles. The lowest BCUT2D eigenvalue weighted by Crippen LogP contribution is -2.37. The third-order valence-corrected chi connectivity index (χ3v) is 3.87. The minimum absolute atomic E-state index is 0.702. The van der Waals surface area contributed by atoms with Crippen LogP contribution in [0, 0.1) is 0 Å². The van der Waals surface area contributed by atoms with Gasteiger partial charge in [-0.2, -0.15) is 0 Å². The van der Waals surface area contributed by atoms with E-state index in [1.54, 1.807) is 0 Å². The van der Waals surface area contributed by atoms with Gasteiger partial charge in [0, 0.05) is 23.6 Å².